The molecule has 19 heavy (non-hydrogen) atoms. The Bertz CT molecular complexity index is 621. The van der Waals surface area contributed by atoms with Crippen molar-refractivity contribution in [3.63, 3.8) is 0 Å². The molecule has 1 aliphatic rings. The van der Waals surface area contributed by atoms with Crippen LogP contribution in [0, 0.1) is 5.82 Å². The summed E-state index contributed by atoms with van der Waals surface area (Å²) in [6, 6.07) is 5.45. The van der Waals surface area contributed by atoms with Crippen LogP contribution in [0.25, 0.3) is 0 Å². The highest BCUT2D eigenvalue weighted by Gasteiger charge is 2.13. The monoisotopic (exact) mass is 263 g/mol. The third-order valence-electron chi connectivity index (χ3n) is 2.55. The Labute approximate surface area is 107 Å². The first-order valence-corrected chi connectivity index (χ1v) is 5.52. The molecule has 2 heterocycles. The number of fused-ring (bicyclic) bond motifs is 1. The van der Waals surface area contributed by atoms with Crippen molar-refractivity contribution in [2.24, 2.45) is 0 Å². The number of ether oxygens (including phenoxy) is 3. The Balaban J connectivity index is 1.70. The van der Waals surface area contributed by atoms with Gasteiger partial charge in [-0.1, -0.05) is 6.07 Å². The first-order valence-electron chi connectivity index (χ1n) is 5.52. The van der Waals surface area contributed by atoms with E-state index in [0.29, 0.717) is 11.5 Å². The minimum absolute atomic E-state index is 0.0246. The molecule has 2 aromatic rings. The maximum absolute atomic E-state index is 12.9. The lowest BCUT2D eigenvalue weighted by molar-refractivity contribution is 0.174. The first-order chi connectivity index (χ1) is 9.22. The van der Waals surface area contributed by atoms with Crippen molar-refractivity contribution < 1.29 is 18.6 Å². The Morgan fingerprint density at radius 3 is 3.00 bits per heavy atom. The molecule has 0 amide bonds. The summed E-state index contributed by atoms with van der Waals surface area (Å²) in [4.78, 5) is 7.36. The second kappa shape index (κ2) is 4.60. The number of rotatable bonds is 3. The van der Waals surface area contributed by atoms with Gasteiger partial charge in [-0.05, 0) is 17.7 Å². The summed E-state index contributed by atoms with van der Waals surface area (Å²) in [5.74, 6) is 0.456. The maximum Gasteiger partial charge on any atom is 0.318 e. The fraction of sp³-hybridized carbons (Fsp3) is 0.167. The average molecular weight is 263 g/mol. The number of hydrogen-bond donors (Lipinski definition) is 1. The minimum Gasteiger partial charge on any atom is -0.459 e. The zero-order valence-corrected chi connectivity index (χ0v) is 9.80. The van der Waals surface area contributed by atoms with Crippen LogP contribution >= 0.6 is 0 Å². The van der Waals surface area contributed by atoms with Crippen molar-refractivity contribution in [2.75, 3.05) is 12.5 Å². The summed E-state index contributed by atoms with van der Waals surface area (Å²) < 4.78 is 28.6. The van der Waals surface area contributed by atoms with Crippen molar-refractivity contribution in [1.82, 2.24) is 9.97 Å². The molecule has 0 bridgehead atoms. The third-order valence-corrected chi connectivity index (χ3v) is 2.55. The molecular weight excluding hydrogens is 253 g/mol. The summed E-state index contributed by atoms with van der Waals surface area (Å²) >= 11 is 0. The van der Waals surface area contributed by atoms with Gasteiger partial charge >= 0.3 is 6.01 Å². The molecule has 0 spiro atoms. The van der Waals surface area contributed by atoms with Crippen LogP contribution in [0.1, 0.15) is 5.56 Å². The summed E-state index contributed by atoms with van der Waals surface area (Å²) in [7, 11) is 0. The molecule has 98 valence electrons. The molecule has 0 unspecified atom stereocenters. The molecule has 1 aromatic heterocycles. The van der Waals surface area contributed by atoms with Gasteiger partial charge in [-0.2, -0.15) is 4.98 Å². The predicted molar refractivity (Wildman–Crippen MR) is 63.3 cm³/mol. The largest absolute Gasteiger partial charge is 0.459 e. The van der Waals surface area contributed by atoms with Crippen LogP contribution in [-0.2, 0) is 6.61 Å². The highest BCUT2D eigenvalue weighted by atomic mass is 19.1. The number of nitrogen functional groups attached to an aromatic ring is 1. The van der Waals surface area contributed by atoms with Gasteiger partial charge in [-0.15, -0.1) is 0 Å². The van der Waals surface area contributed by atoms with E-state index in [9.17, 15) is 4.39 Å². The minimum atomic E-state index is -0.671. The van der Waals surface area contributed by atoms with Crippen LogP contribution in [0.5, 0.6) is 17.5 Å². The first kappa shape index (κ1) is 11.5. The highest BCUT2D eigenvalue weighted by Crippen LogP contribution is 2.32. The van der Waals surface area contributed by atoms with E-state index in [0.717, 1.165) is 11.8 Å². The van der Waals surface area contributed by atoms with Gasteiger partial charge in [-0.25, -0.2) is 9.37 Å². The van der Waals surface area contributed by atoms with Crippen LogP contribution < -0.4 is 19.9 Å². The number of aromatic nitrogens is 2. The molecule has 0 saturated heterocycles. The number of anilines is 1. The summed E-state index contributed by atoms with van der Waals surface area (Å²) in [5.41, 5.74) is 6.18. The standard InChI is InChI=1S/C12H10FN3O3/c13-8-4-15-12(16-11(8)14)17-5-7-1-2-9-10(3-7)19-6-18-9/h1-4H,5-6H2,(H2,14,15,16). The number of nitrogens with zero attached hydrogens (tertiary/aromatic N) is 2. The Morgan fingerprint density at radius 2 is 2.16 bits per heavy atom. The van der Waals surface area contributed by atoms with Crippen molar-refractivity contribution in [2.45, 2.75) is 6.61 Å². The average Bonchev–Trinajstić information content (AvgIpc) is 2.87. The van der Waals surface area contributed by atoms with Gasteiger partial charge in [-0.3, -0.25) is 0 Å². The molecule has 6 nitrogen and oxygen atoms in total. The van der Waals surface area contributed by atoms with Crippen molar-refractivity contribution in [3.05, 3.63) is 35.8 Å². The number of hydrogen-bond acceptors (Lipinski definition) is 6. The van der Waals surface area contributed by atoms with Gasteiger partial charge in [0.1, 0.15) is 6.61 Å². The molecule has 0 fully saturated rings. The quantitative estimate of drug-likeness (QED) is 0.904. The molecule has 0 saturated carbocycles. The highest BCUT2D eigenvalue weighted by molar-refractivity contribution is 5.44. The van der Waals surface area contributed by atoms with E-state index >= 15 is 0 Å². The lowest BCUT2D eigenvalue weighted by Gasteiger charge is -2.05. The molecule has 2 N–H and O–H groups in total. The topological polar surface area (TPSA) is 79.5 Å². The van der Waals surface area contributed by atoms with Gasteiger partial charge in [0.2, 0.25) is 6.79 Å². The smallest absolute Gasteiger partial charge is 0.318 e. The van der Waals surface area contributed by atoms with Crippen molar-refractivity contribution in [1.29, 1.82) is 0 Å². The van der Waals surface area contributed by atoms with Gasteiger partial charge in [0.15, 0.2) is 23.1 Å². The second-order valence-electron chi connectivity index (χ2n) is 3.86. The predicted octanol–water partition coefficient (Wildman–Crippen LogP) is 1.51. The van der Waals surface area contributed by atoms with E-state index in [1.807, 2.05) is 6.07 Å². The Kier molecular flexibility index (Phi) is 2.79. The van der Waals surface area contributed by atoms with E-state index in [4.69, 9.17) is 19.9 Å². The van der Waals surface area contributed by atoms with E-state index in [1.165, 1.54) is 0 Å². The van der Waals surface area contributed by atoms with Crippen LogP contribution in [-0.4, -0.2) is 16.8 Å². The summed E-state index contributed by atoms with van der Waals surface area (Å²) in [6.07, 6.45) is 0.970. The fourth-order valence-electron chi connectivity index (χ4n) is 1.61. The van der Waals surface area contributed by atoms with Crippen molar-refractivity contribution >= 4 is 5.82 Å². The number of halogens is 1. The van der Waals surface area contributed by atoms with Crippen molar-refractivity contribution in [3.8, 4) is 17.5 Å². The van der Waals surface area contributed by atoms with Gasteiger partial charge < -0.3 is 19.9 Å². The van der Waals surface area contributed by atoms with E-state index < -0.39 is 5.82 Å². The number of benzene rings is 1. The maximum atomic E-state index is 12.9. The van der Waals surface area contributed by atoms with Gasteiger partial charge in [0.05, 0.1) is 6.20 Å². The summed E-state index contributed by atoms with van der Waals surface area (Å²) in [5, 5.41) is 0. The van der Waals surface area contributed by atoms with E-state index in [-0.39, 0.29) is 25.2 Å². The summed E-state index contributed by atoms with van der Waals surface area (Å²) in [6.45, 7) is 0.443. The lowest BCUT2D eigenvalue weighted by atomic mass is 10.2. The Hall–Kier alpha value is -2.57. The molecule has 0 aliphatic carbocycles. The normalized spacial score (nSPS) is 12.5. The fourth-order valence-corrected chi connectivity index (χ4v) is 1.61. The van der Waals surface area contributed by atoms with E-state index in [1.54, 1.807) is 12.1 Å². The van der Waals surface area contributed by atoms with Gasteiger partial charge in [0.25, 0.3) is 0 Å². The zero-order valence-electron chi connectivity index (χ0n) is 9.80. The van der Waals surface area contributed by atoms with Crippen LogP contribution in [0.4, 0.5) is 10.2 Å². The SMILES string of the molecule is Nc1nc(OCc2ccc3c(c2)OCO3)ncc1F. The van der Waals surface area contributed by atoms with E-state index in [2.05, 4.69) is 9.97 Å². The molecule has 0 radical (unpaired) electrons. The molecule has 0 atom stereocenters. The molecule has 3 rings (SSSR count). The molecule has 7 heteroatoms. The molecule has 1 aliphatic heterocycles. The Morgan fingerprint density at radius 1 is 1.32 bits per heavy atom. The molecule has 1 aromatic carbocycles. The van der Waals surface area contributed by atoms with Gasteiger partial charge in [0, 0.05) is 0 Å². The van der Waals surface area contributed by atoms with Crippen LogP contribution in [0.3, 0.4) is 0 Å². The molecular formula is C12H10FN3O3. The third kappa shape index (κ3) is 2.35. The second-order valence-corrected chi connectivity index (χ2v) is 3.86. The zero-order chi connectivity index (χ0) is 13.2. The number of nitrogens with two attached hydrogens (primary N) is 1. The van der Waals surface area contributed by atoms with Crippen LogP contribution in [0.2, 0.25) is 0 Å². The lowest BCUT2D eigenvalue weighted by Crippen LogP contribution is -2.03. The van der Waals surface area contributed by atoms with Crippen LogP contribution in [0.15, 0.2) is 24.4 Å².